The van der Waals surface area contributed by atoms with Crippen molar-refractivity contribution in [3.63, 3.8) is 0 Å². The van der Waals surface area contributed by atoms with Crippen LogP contribution in [0.1, 0.15) is 10.4 Å². The molecule has 3 rings (SSSR count). The van der Waals surface area contributed by atoms with Crippen molar-refractivity contribution >= 4 is 49.6 Å². The number of carbonyl (C=O) groups is 1. The molecule has 106 valence electrons. The van der Waals surface area contributed by atoms with Crippen molar-refractivity contribution in [1.29, 1.82) is 0 Å². The second kappa shape index (κ2) is 6.00. The molecule has 0 saturated heterocycles. The fourth-order valence-corrected chi connectivity index (χ4v) is 3.75. The Morgan fingerprint density at radius 1 is 1.10 bits per heavy atom. The number of nitrogens with zero attached hydrogens (tertiary/aromatic N) is 2. The van der Waals surface area contributed by atoms with Gasteiger partial charge in [0, 0.05) is 5.56 Å². The number of aromatic nitrogens is 2. The number of rotatable bonds is 3. The summed E-state index contributed by atoms with van der Waals surface area (Å²) in [6.07, 6.45) is 0. The molecule has 4 nitrogen and oxygen atoms in total. The standard InChI is InChI=1S/C13H7BrFN3OS2/c14-10-6-5-9(20-10)12-17-18-13(21-12)16-11(19)7-1-3-8(15)4-2-7/h1-6H,(H,16,18,19). The van der Waals surface area contributed by atoms with Gasteiger partial charge in [-0.05, 0) is 52.3 Å². The largest absolute Gasteiger partial charge is 0.296 e. The van der Waals surface area contributed by atoms with E-state index in [1.807, 2.05) is 12.1 Å². The van der Waals surface area contributed by atoms with Crippen molar-refractivity contribution in [1.82, 2.24) is 10.2 Å². The molecule has 0 fully saturated rings. The van der Waals surface area contributed by atoms with Gasteiger partial charge in [0.15, 0.2) is 5.01 Å². The number of amides is 1. The number of hydrogen-bond donors (Lipinski definition) is 1. The van der Waals surface area contributed by atoms with Gasteiger partial charge in [-0.1, -0.05) is 11.3 Å². The Kier molecular flexibility index (Phi) is 4.09. The Morgan fingerprint density at radius 3 is 2.52 bits per heavy atom. The van der Waals surface area contributed by atoms with E-state index in [9.17, 15) is 9.18 Å². The third-order valence-electron chi connectivity index (χ3n) is 2.54. The van der Waals surface area contributed by atoms with Gasteiger partial charge in [-0.15, -0.1) is 21.5 Å². The van der Waals surface area contributed by atoms with E-state index in [1.54, 1.807) is 11.3 Å². The summed E-state index contributed by atoms with van der Waals surface area (Å²) in [6.45, 7) is 0. The van der Waals surface area contributed by atoms with E-state index in [4.69, 9.17) is 0 Å². The van der Waals surface area contributed by atoms with Crippen LogP contribution in [0.3, 0.4) is 0 Å². The first-order valence-corrected chi connectivity index (χ1v) is 8.20. The zero-order valence-corrected chi connectivity index (χ0v) is 13.6. The van der Waals surface area contributed by atoms with Crippen LogP contribution in [0, 0.1) is 5.82 Å². The molecule has 1 N–H and O–H groups in total. The average Bonchev–Trinajstić information content (AvgIpc) is 3.08. The Morgan fingerprint density at radius 2 is 1.86 bits per heavy atom. The number of anilines is 1. The molecule has 0 radical (unpaired) electrons. The Balaban J connectivity index is 1.75. The fourth-order valence-electron chi connectivity index (χ4n) is 1.57. The third-order valence-corrected chi connectivity index (χ3v) is 5.17. The van der Waals surface area contributed by atoms with Gasteiger partial charge >= 0.3 is 0 Å². The fraction of sp³-hybridized carbons (Fsp3) is 0. The molecular weight excluding hydrogens is 377 g/mol. The maximum Gasteiger partial charge on any atom is 0.257 e. The Labute approximate surface area is 135 Å². The van der Waals surface area contributed by atoms with E-state index < -0.39 is 0 Å². The summed E-state index contributed by atoms with van der Waals surface area (Å²) < 4.78 is 13.8. The van der Waals surface area contributed by atoms with E-state index in [1.165, 1.54) is 35.6 Å². The highest BCUT2D eigenvalue weighted by molar-refractivity contribution is 9.11. The zero-order chi connectivity index (χ0) is 14.8. The van der Waals surface area contributed by atoms with Crippen molar-refractivity contribution in [2.45, 2.75) is 0 Å². The summed E-state index contributed by atoms with van der Waals surface area (Å²) >= 11 is 6.22. The van der Waals surface area contributed by atoms with E-state index >= 15 is 0 Å². The first kappa shape index (κ1) is 14.3. The monoisotopic (exact) mass is 383 g/mol. The van der Waals surface area contributed by atoms with Gasteiger partial charge in [-0.3, -0.25) is 10.1 Å². The number of hydrogen-bond acceptors (Lipinski definition) is 5. The van der Waals surface area contributed by atoms with Crippen LogP contribution in [0.15, 0.2) is 40.2 Å². The SMILES string of the molecule is O=C(Nc1nnc(-c2ccc(Br)s2)s1)c1ccc(F)cc1. The molecule has 0 aliphatic rings. The number of thiophene rings is 1. The lowest BCUT2D eigenvalue weighted by atomic mass is 10.2. The highest BCUT2D eigenvalue weighted by Crippen LogP contribution is 2.34. The lowest BCUT2D eigenvalue weighted by Gasteiger charge is -2.00. The highest BCUT2D eigenvalue weighted by Gasteiger charge is 2.12. The summed E-state index contributed by atoms with van der Waals surface area (Å²) in [6, 6.07) is 9.18. The van der Waals surface area contributed by atoms with Gasteiger partial charge in [-0.2, -0.15) is 0 Å². The Bertz CT molecular complexity index is 785. The van der Waals surface area contributed by atoms with Crippen molar-refractivity contribution in [3.05, 3.63) is 51.6 Å². The molecule has 3 aromatic rings. The number of carbonyl (C=O) groups excluding carboxylic acids is 1. The van der Waals surface area contributed by atoms with Gasteiger partial charge in [0.1, 0.15) is 5.82 Å². The van der Waals surface area contributed by atoms with Crippen molar-refractivity contribution in [2.24, 2.45) is 0 Å². The van der Waals surface area contributed by atoms with E-state index in [2.05, 4.69) is 31.4 Å². The van der Waals surface area contributed by atoms with Crippen LogP contribution >= 0.6 is 38.6 Å². The average molecular weight is 384 g/mol. The van der Waals surface area contributed by atoms with Gasteiger partial charge in [0.25, 0.3) is 5.91 Å². The van der Waals surface area contributed by atoms with Crippen LogP contribution in [0.25, 0.3) is 9.88 Å². The molecule has 2 heterocycles. The molecule has 2 aromatic heterocycles. The second-order valence-electron chi connectivity index (χ2n) is 3.98. The Hall–Kier alpha value is -1.64. The van der Waals surface area contributed by atoms with E-state index in [0.717, 1.165) is 13.7 Å². The molecule has 0 bridgehead atoms. The van der Waals surface area contributed by atoms with Crippen molar-refractivity contribution in [3.8, 4) is 9.88 Å². The van der Waals surface area contributed by atoms with Crippen LogP contribution < -0.4 is 5.32 Å². The molecule has 8 heteroatoms. The first-order valence-electron chi connectivity index (χ1n) is 5.78. The summed E-state index contributed by atoms with van der Waals surface area (Å²) in [5.41, 5.74) is 0.368. The molecule has 0 saturated carbocycles. The summed E-state index contributed by atoms with van der Waals surface area (Å²) in [4.78, 5) is 12.9. The van der Waals surface area contributed by atoms with Crippen molar-refractivity contribution in [2.75, 3.05) is 5.32 Å². The smallest absolute Gasteiger partial charge is 0.257 e. The minimum atomic E-state index is -0.381. The normalized spacial score (nSPS) is 10.6. The highest BCUT2D eigenvalue weighted by atomic mass is 79.9. The van der Waals surface area contributed by atoms with Crippen LogP contribution in [0.2, 0.25) is 0 Å². The van der Waals surface area contributed by atoms with Crippen LogP contribution in [-0.4, -0.2) is 16.1 Å². The molecule has 1 amide bonds. The lowest BCUT2D eigenvalue weighted by Crippen LogP contribution is -2.11. The zero-order valence-electron chi connectivity index (χ0n) is 10.3. The second-order valence-corrected chi connectivity index (χ2v) is 7.42. The third kappa shape index (κ3) is 3.34. The quantitative estimate of drug-likeness (QED) is 0.727. The van der Waals surface area contributed by atoms with Crippen LogP contribution in [-0.2, 0) is 0 Å². The van der Waals surface area contributed by atoms with Gasteiger partial charge in [0.05, 0.1) is 8.66 Å². The minimum Gasteiger partial charge on any atom is -0.296 e. The van der Waals surface area contributed by atoms with Gasteiger partial charge in [-0.25, -0.2) is 4.39 Å². The summed E-state index contributed by atoms with van der Waals surface area (Å²) in [5.74, 6) is -0.724. The maximum atomic E-state index is 12.8. The topological polar surface area (TPSA) is 54.9 Å². The maximum absolute atomic E-state index is 12.8. The predicted octanol–water partition coefficient (Wildman–Crippen LogP) is 4.42. The summed E-state index contributed by atoms with van der Waals surface area (Å²) in [5, 5.41) is 11.8. The molecule has 0 atom stereocenters. The predicted molar refractivity (Wildman–Crippen MR) is 85.3 cm³/mol. The molecule has 0 spiro atoms. The molecule has 1 aromatic carbocycles. The van der Waals surface area contributed by atoms with Gasteiger partial charge < -0.3 is 0 Å². The van der Waals surface area contributed by atoms with Crippen molar-refractivity contribution < 1.29 is 9.18 Å². The number of nitrogens with one attached hydrogen (secondary N) is 1. The molecular formula is C13H7BrFN3OS2. The van der Waals surface area contributed by atoms with Gasteiger partial charge in [0.2, 0.25) is 5.13 Å². The molecule has 0 aliphatic heterocycles. The first-order chi connectivity index (χ1) is 10.1. The molecule has 0 unspecified atom stereocenters. The van der Waals surface area contributed by atoms with Crippen LogP contribution in [0.4, 0.5) is 9.52 Å². The van der Waals surface area contributed by atoms with E-state index in [0.29, 0.717) is 10.7 Å². The molecule has 21 heavy (non-hydrogen) atoms. The lowest BCUT2D eigenvalue weighted by molar-refractivity contribution is 0.102. The van der Waals surface area contributed by atoms with E-state index in [-0.39, 0.29) is 11.7 Å². The number of halogens is 2. The minimum absolute atomic E-state index is 0.343. The summed E-state index contributed by atoms with van der Waals surface area (Å²) in [7, 11) is 0. The molecule has 0 aliphatic carbocycles. The van der Waals surface area contributed by atoms with Crippen LogP contribution in [0.5, 0.6) is 0 Å². The number of benzene rings is 1.